The van der Waals surface area contributed by atoms with Crippen molar-refractivity contribution in [1.29, 1.82) is 0 Å². The van der Waals surface area contributed by atoms with E-state index < -0.39 is 11.4 Å². The number of hydrogen-bond donors (Lipinski definition) is 1. The SMILES string of the molecule is CC(O)(c1ccc(F)cn1)c1cccc2c1OCCC2. The maximum absolute atomic E-state index is 13.0. The Hall–Kier alpha value is -1.94. The predicted octanol–water partition coefficient (Wildman–Crippen LogP) is 2.80. The van der Waals surface area contributed by atoms with Crippen LogP contribution < -0.4 is 4.74 Å². The van der Waals surface area contributed by atoms with Gasteiger partial charge in [0.1, 0.15) is 17.2 Å². The molecule has 0 aliphatic carbocycles. The molecule has 1 aliphatic rings. The number of ether oxygens (including phenoxy) is 1. The maximum atomic E-state index is 13.0. The van der Waals surface area contributed by atoms with Crippen LogP contribution in [0, 0.1) is 5.82 Å². The summed E-state index contributed by atoms with van der Waals surface area (Å²) in [4.78, 5) is 3.99. The third-order valence-electron chi connectivity index (χ3n) is 3.68. The minimum absolute atomic E-state index is 0.404. The van der Waals surface area contributed by atoms with Gasteiger partial charge < -0.3 is 9.84 Å². The lowest BCUT2D eigenvalue weighted by atomic mass is 9.88. The van der Waals surface area contributed by atoms with Crippen molar-refractivity contribution in [3.63, 3.8) is 0 Å². The summed E-state index contributed by atoms with van der Waals surface area (Å²) < 4.78 is 18.7. The van der Waals surface area contributed by atoms with E-state index in [1.807, 2.05) is 18.2 Å². The zero-order chi connectivity index (χ0) is 14.2. The van der Waals surface area contributed by atoms with Gasteiger partial charge in [-0.05, 0) is 37.5 Å². The van der Waals surface area contributed by atoms with Crippen molar-refractivity contribution < 1.29 is 14.2 Å². The standard InChI is InChI=1S/C16H16FNO2/c1-16(19,14-8-7-12(17)10-18-14)13-6-2-4-11-5-3-9-20-15(11)13/h2,4,6-8,10,19H,3,5,9H2,1H3. The molecule has 4 heteroatoms. The molecule has 0 spiro atoms. The lowest BCUT2D eigenvalue weighted by Gasteiger charge is -2.29. The van der Waals surface area contributed by atoms with Crippen molar-refractivity contribution in [2.24, 2.45) is 0 Å². The third kappa shape index (κ3) is 2.16. The number of fused-ring (bicyclic) bond motifs is 1. The second-order valence-corrected chi connectivity index (χ2v) is 5.18. The molecular formula is C16H16FNO2. The topological polar surface area (TPSA) is 42.4 Å². The van der Waals surface area contributed by atoms with Crippen LogP contribution in [0.2, 0.25) is 0 Å². The summed E-state index contributed by atoms with van der Waals surface area (Å²) >= 11 is 0. The van der Waals surface area contributed by atoms with Crippen LogP contribution in [0.5, 0.6) is 5.75 Å². The average Bonchev–Trinajstić information content (AvgIpc) is 2.47. The zero-order valence-electron chi connectivity index (χ0n) is 11.3. The molecule has 1 aromatic carbocycles. The molecule has 2 heterocycles. The Morgan fingerprint density at radius 2 is 2.15 bits per heavy atom. The van der Waals surface area contributed by atoms with Gasteiger partial charge in [0.15, 0.2) is 0 Å². The summed E-state index contributed by atoms with van der Waals surface area (Å²) in [5, 5.41) is 10.8. The van der Waals surface area contributed by atoms with E-state index >= 15 is 0 Å². The Bertz CT molecular complexity index is 623. The van der Waals surface area contributed by atoms with Crippen LogP contribution in [0.3, 0.4) is 0 Å². The third-order valence-corrected chi connectivity index (χ3v) is 3.68. The van der Waals surface area contributed by atoms with Crippen molar-refractivity contribution in [2.75, 3.05) is 6.61 Å². The fourth-order valence-electron chi connectivity index (χ4n) is 2.57. The molecule has 0 saturated heterocycles. The van der Waals surface area contributed by atoms with Crippen molar-refractivity contribution in [3.8, 4) is 5.75 Å². The number of nitrogens with zero attached hydrogens (tertiary/aromatic N) is 1. The second-order valence-electron chi connectivity index (χ2n) is 5.18. The zero-order valence-corrected chi connectivity index (χ0v) is 11.3. The molecule has 1 aliphatic heterocycles. The van der Waals surface area contributed by atoms with Gasteiger partial charge in [-0.25, -0.2) is 4.39 Å². The summed E-state index contributed by atoms with van der Waals surface area (Å²) in [6.45, 7) is 2.30. The van der Waals surface area contributed by atoms with Crippen molar-refractivity contribution in [1.82, 2.24) is 4.98 Å². The molecule has 1 atom stereocenters. The van der Waals surface area contributed by atoms with Gasteiger partial charge in [-0.1, -0.05) is 18.2 Å². The number of halogens is 1. The van der Waals surface area contributed by atoms with Gasteiger partial charge in [0.25, 0.3) is 0 Å². The van der Waals surface area contributed by atoms with Crippen molar-refractivity contribution in [3.05, 3.63) is 59.2 Å². The number of aromatic nitrogens is 1. The highest BCUT2D eigenvalue weighted by Crippen LogP contribution is 2.38. The minimum atomic E-state index is -1.31. The Morgan fingerprint density at radius 3 is 2.90 bits per heavy atom. The summed E-state index contributed by atoms with van der Waals surface area (Å²) in [6, 6.07) is 8.53. The highest BCUT2D eigenvalue weighted by molar-refractivity contribution is 5.48. The molecule has 1 N–H and O–H groups in total. The number of aliphatic hydroxyl groups is 1. The fourth-order valence-corrected chi connectivity index (χ4v) is 2.57. The Kier molecular flexibility index (Phi) is 3.18. The van der Waals surface area contributed by atoms with Crippen LogP contribution in [0.4, 0.5) is 4.39 Å². The molecule has 104 valence electrons. The van der Waals surface area contributed by atoms with E-state index in [0.717, 1.165) is 30.4 Å². The molecule has 1 aromatic heterocycles. The number of para-hydroxylation sites is 1. The minimum Gasteiger partial charge on any atom is -0.493 e. The lowest BCUT2D eigenvalue weighted by Crippen LogP contribution is -2.26. The number of benzene rings is 1. The van der Waals surface area contributed by atoms with E-state index in [4.69, 9.17) is 4.74 Å². The smallest absolute Gasteiger partial charge is 0.141 e. The Morgan fingerprint density at radius 1 is 1.30 bits per heavy atom. The fraction of sp³-hybridized carbons (Fsp3) is 0.312. The van der Waals surface area contributed by atoms with Gasteiger partial charge in [0, 0.05) is 5.56 Å². The summed E-state index contributed by atoms with van der Waals surface area (Å²) in [5.74, 6) is 0.311. The molecule has 0 fully saturated rings. The molecule has 1 unspecified atom stereocenters. The first-order chi connectivity index (χ1) is 9.59. The van der Waals surface area contributed by atoms with Crippen molar-refractivity contribution >= 4 is 0 Å². The molecule has 3 nitrogen and oxygen atoms in total. The van der Waals surface area contributed by atoms with E-state index in [9.17, 15) is 9.50 Å². The molecule has 0 bridgehead atoms. The summed E-state index contributed by atoms with van der Waals surface area (Å²) in [7, 11) is 0. The highest BCUT2D eigenvalue weighted by Gasteiger charge is 2.32. The van der Waals surface area contributed by atoms with Crippen molar-refractivity contribution in [2.45, 2.75) is 25.4 Å². The molecule has 20 heavy (non-hydrogen) atoms. The normalized spacial score (nSPS) is 16.9. The van der Waals surface area contributed by atoms with E-state index in [-0.39, 0.29) is 0 Å². The van der Waals surface area contributed by atoms with E-state index in [0.29, 0.717) is 17.9 Å². The summed E-state index contributed by atoms with van der Waals surface area (Å²) in [5.41, 5.74) is 0.863. The van der Waals surface area contributed by atoms with Crippen LogP contribution in [0.15, 0.2) is 36.5 Å². The van der Waals surface area contributed by atoms with Gasteiger partial charge in [-0.3, -0.25) is 4.98 Å². The first-order valence-corrected chi connectivity index (χ1v) is 6.68. The van der Waals surface area contributed by atoms with Crippen LogP contribution >= 0.6 is 0 Å². The van der Waals surface area contributed by atoms with Gasteiger partial charge >= 0.3 is 0 Å². The lowest BCUT2D eigenvalue weighted by molar-refractivity contribution is 0.0920. The van der Waals surface area contributed by atoms with Crippen LogP contribution in [-0.4, -0.2) is 16.7 Å². The highest BCUT2D eigenvalue weighted by atomic mass is 19.1. The number of hydrogen-bond acceptors (Lipinski definition) is 3. The first-order valence-electron chi connectivity index (χ1n) is 6.68. The van der Waals surface area contributed by atoms with Crippen LogP contribution in [-0.2, 0) is 12.0 Å². The van der Waals surface area contributed by atoms with E-state index in [1.54, 1.807) is 6.92 Å². The first kappa shape index (κ1) is 13.1. The van der Waals surface area contributed by atoms with E-state index in [2.05, 4.69) is 4.98 Å². The number of pyridine rings is 1. The molecule has 2 aromatic rings. The van der Waals surface area contributed by atoms with Crippen LogP contribution in [0.25, 0.3) is 0 Å². The van der Waals surface area contributed by atoms with Gasteiger partial charge in [-0.2, -0.15) is 0 Å². The van der Waals surface area contributed by atoms with Gasteiger partial charge in [-0.15, -0.1) is 0 Å². The van der Waals surface area contributed by atoms with E-state index in [1.165, 1.54) is 12.1 Å². The predicted molar refractivity (Wildman–Crippen MR) is 73.1 cm³/mol. The quantitative estimate of drug-likeness (QED) is 0.915. The molecular weight excluding hydrogens is 257 g/mol. The average molecular weight is 273 g/mol. The summed E-state index contributed by atoms with van der Waals surface area (Å²) in [6.07, 6.45) is 3.03. The Labute approximate surface area is 117 Å². The number of aryl methyl sites for hydroxylation is 1. The molecule has 0 radical (unpaired) electrons. The molecule has 0 amide bonds. The largest absolute Gasteiger partial charge is 0.493 e. The Balaban J connectivity index is 2.09. The molecule has 0 saturated carbocycles. The number of rotatable bonds is 2. The van der Waals surface area contributed by atoms with Gasteiger partial charge in [0.2, 0.25) is 0 Å². The maximum Gasteiger partial charge on any atom is 0.141 e. The molecule has 3 rings (SSSR count). The van der Waals surface area contributed by atoms with Crippen LogP contribution in [0.1, 0.15) is 30.2 Å². The van der Waals surface area contributed by atoms with Gasteiger partial charge in [0.05, 0.1) is 18.5 Å². The monoisotopic (exact) mass is 273 g/mol. The second kappa shape index (κ2) is 4.87.